The highest BCUT2D eigenvalue weighted by Crippen LogP contribution is 2.41. The number of carbonyl (C=O) groups excluding carboxylic acids is 2. The van der Waals surface area contributed by atoms with Crippen LogP contribution in [0.1, 0.15) is 80.1 Å². The molecule has 2 saturated carbocycles. The molecule has 0 bridgehead atoms. The molecule has 31 heavy (non-hydrogen) atoms. The van der Waals surface area contributed by atoms with E-state index in [4.69, 9.17) is 4.74 Å². The molecule has 1 N–H and O–H groups in total. The molecule has 2 aliphatic carbocycles. The monoisotopic (exact) mass is 438 g/mol. The lowest BCUT2D eigenvalue weighted by atomic mass is 9.89. The molecule has 1 aromatic carbocycles. The minimum absolute atomic E-state index is 0.104. The number of hydrogen-bond donors (Lipinski definition) is 1. The molecule has 3 fully saturated rings. The van der Waals surface area contributed by atoms with Gasteiger partial charge in [0.1, 0.15) is 11.8 Å². The third-order valence-corrected chi connectivity index (χ3v) is 6.83. The van der Waals surface area contributed by atoms with Crippen molar-refractivity contribution in [3.63, 3.8) is 0 Å². The van der Waals surface area contributed by atoms with Crippen molar-refractivity contribution in [3.05, 3.63) is 35.4 Å². The van der Waals surface area contributed by atoms with E-state index < -0.39 is 29.4 Å². The molecule has 170 valence electrons. The molecule has 1 heterocycles. The predicted molar refractivity (Wildman–Crippen MR) is 108 cm³/mol. The highest BCUT2D eigenvalue weighted by atomic mass is 19.4. The fourth-order valence-electron chi connectivity index (χ4n) is 5.16. The van der Waals surface area contributed by atoms with Gasteiger partial charge in [0.05, 0.1) is 12.2 Å². The quantitative estimate of drug-likeness (QED) is 0.747. The molecule has 5 nitrogen and oxygen atoms in total. The smallest absolute Gasteiger partial charge is 0.353 e. The number of alkyl halides is 3. The lowest BCUT2D eigenvalue weighted by Crippen LogP contribution is -2.57. The molecular formula is C23H29F3N2O3. The number of benzene rings is 1. The van der Waals surface area contributed by atoms with E-state index in [0.717, 1.165) is 57.1 Å². The molecule has 0 unspecified atom stereocenters. The zero-order chi connectivity index (χ0) is 22.1. The van der Waals surface area contributed by atoms with Crippen molar-refractivity contribution in [1.29, 1.82) is 0 Å². The van der Waals surface area contributed by atoms with Gasteiger partial charge in [-0.3, -0.25) is 14.5 Å². The summed E-state index contributed by atoms with van der Waals surface area (Å²) in [5.74, 6) is -0.675. The number of nitrogens with zero attached hydrogens (tertiary/aromatic N) is 1. The molecule has 0 radical (unpaired) electrons. The lowest BCUT2D eigenvalue weighted by Gasteiger charge is -2.41. The van der Waals surface area contributed by atoms with Crippen LogP contribution >= 0.6 is 0 Å². The zero-order valence-electron chi connectivity index (χ0n) is 17.5. The van der Waals surface area contributed by atoms with Gasteiger partial charge < -0.3 is 10.1 Å². The van der Waals surface area contributed by atoms with Gasteiger partial charge in [-0.25, -0.2) is 0 Å². The zero-order valence-corrected chi connectivity index (χ0v) is 17.5. The van der Waals surface area contributed by atoms with Gasteiger partial charge in [0, 0.05) is 11.6 Å². The Kier molecular flexibility index (Phi) is 6.28. The standard InChI is InChI=1S/C23H29F3N2O3/c24-23(25,26)17-11-9-16(10-12-17)21(30)28-19(15-31-22(28)13-5-2-6-14-22)20(29)27-18-7-3-1-4-8-18/h9-12,18-19H,1-8,13-15H2,(H,27,29)/t19-/m0/s1. The van der Waals surface area contributed by atoms with Crippen LogP contribution in [0.15, 0.2) is 24.3 Å². The van der Waals surface area contributed by atoms with E-state index in [0.29, 0.717) is 12.8 Å². The molecule has 1 atom stereocenters. The molecule has 4 rings (SSSR count). The van der Waals surface area contributed by atoms with Crippen LogP contribution in [0.3, 0.4) is 0 Å². The van der Waals surface area contributed by atoms with Gasteiger partial charge in [-0.2, -0.15) is 13.2 Å². The van der Waals surface area contributed by atoms with E-state index in [-0.39, 0.29) is 24.1 Å². The lowest BCUT2D eigenvalue weighted by molar-refractivity contribution is -0.137. The highest BCUT2D eigenvalue weighted by Gasteiger charge is 2.53. The second-order valence-corrected chi connectivity index (χ2v) is 8.93. The second-order valence-electron chi connectivity index (χ2n) is 8.93. The maximum absolute atomic E-state index is 13.5. The molecule has 1 aromatic rings. The van der Waals surface area contributed by atoms with Gasteiger partial charge in [-0.15, -0.1) is 0 Å². The summed E-state index contributed by atoms with van der Waals surface area (Å²) in [4.78, 5) is 28.1. The summed E-state index contributed by atoms with van der Waals surface area (Å²) in [5.41, 5.74) is -1.52. The van der Waals surface area contributed by atoms with E-state index in [1.165, 1.54) is 23.5 Å². The summed E-state index contributed by atoms with van der Waals surface area (Å²) >= 11 is 0. The summed E-state index contributed by atoms with van der Waals surface area (Å²) in [5, 5.41) is 3.09. The molecule has 1 aliphatic heterocycles. The van der Waals surface area contributed by atoms with Gasteiger partial charge in [0.15, 0.2) is 0 Å². The summed E-state index contributed by atoms with van der Waals surface area (Å²) in [6, 6.07) is 3.54. The first kappa shape index (κ1) is 22.1. The highest BCUT2D eigenvalue weighted by molar-refractivity contribution is 5.98. The molecule has 3 aliphatic rings. The van der Waals surface area contributed by atoms with Crippen LogP contribution in [0.4, 0.5) is 13.2 Å². The Balaban J connectivity index is 1.58. The van der Waals surface area contributed by atoms with E-state index in [1.54, 1.807) is 0 Å². The Hall–Kier alpha value is -2.09. The van der Waals surface area contributed by atoms with Crippen LogP contribution < -0.4 is 5.32 Å². The van der Waals surface area contributed by atoms with Crippen LogP contribution in [-0.2, 0) is 15.7 Å². The first-order chi connectivity index (χ1) is 14.8. The Bertz CT molecular complexity index is 797. The number of halogens is 3. The van der Waals surface area contributed by atoms with E-state index in [9.17, 15) is 22.8 Å². The fourth-order valence-corrected chi connectivity index (χ4v) is 5.16. The van der Waals surface area contributed by atoms with Gasteiger partial charge >= 0.3 is 6.18 Å². The van der Waals surface area contributed by atoms with E-state index in [1.807, 2.05) is 0 Å². The summed E-state index contributed by atoms with van der Waals surface area (Å²) < 4.78 is 44.9. The third kappa shape index (κ3) is 4.59. The first-order valence-corrected chi connectivity index (χ1v) is 11.3. The number of rotatable bonds is 3. The van der Waals surface area contributed by atoms with Gasteiger partial charge in [-0.1, -0.05) is 25.7 Å². The SMILES string of the molecule is O=C(NC1CCCCC1)[C@@H]1COC2(CCCCC2)N1C(=O)c1ccc(C(F)(F)F)cc1. The molecule has 1 saturated heterocycles. The summed E-state index contributed by atoms with van der Waals surface area (Å²) in [6.45, 7) is 0.116. The van der Waals surface area contributed by atoms with Crippen molar-refractivity contribution in [3.8, 4) is 0 Å². The predicted octanol–water partition coefficient (Wildman–Crippen LogP) is 4.66. The van der Waals surface area contributed by atoms with Crippen LogP contribution in [-0.4, -0.2) is 41.1 Å². The molecular weight excluding hydrogens is 409 g/mol. The van der Waals surface area contributed by atoms with Crippen molar-refractivity contribution >= 4 is 11.8 Å². The summed E-state index contributed by atoms with van der Waals surface area (Å²) in [7, 11) is 0. The Morgan fingerprint density at radius 2 is 1.58 bits per heavy atom. The fraction of sp³-hybridized carbons (Fsp3) is 0.652. The van der Waals surface area contributed by atoms with Crippen molar-refractivity contribution in [2.75, 3.05) is 6.61 Å². The number of carbonyl (C=O) groups is 2. The van der Waals surface area contributed by atoms with Crippen molar-refractivity contribution in [1.82, 2.24) is 10.2 Å². The topological polar surface area (TPSA) is 58.6 Å². The minimum atomic E-state index is -4.47. The van der Waals surface area contributed by atoms with E-state index >= 15 is 0 Å². The average molecular weight is 438 g/mol. The number of hydrogen-bond acceptors (Lipinski definition) is 3. The van der Waals surface area contributed by atoms with Crippen LogP contribution in [0.5, 0.6) is 0 Å². The molecule has 0 aromatic heterocycles. The van der Waals surface area contributed by atoms with Crippen molar-refractivity contribution in [2.24, 2.45) is 0 Å². The second kappa shape index (κ2) is 8.81. The normalized spacial score (nSPS) is 24.4. The number of ether oxygens (including phenoxy) is 1. The maximum Gasteiger partial charge on any atom is 0.416 e. The molecule has 1 spiro atoms. The largest absolute Gasteiger partial charge is 0.416 e. The van der Waals surface area contributed by atoms with Crippen molar-refractivity contribution < 1.29 is 27.5 Å². The molecule has 8 heteroatoms. The third-order valence-electron chi connectivity index (χ3n) is 6.83. The Morgan fingerprint density at radius 1 is 0.968 bits per heavy atom. The van der Waals surface area contributed by atoms with Gasteiger partial charge in [0.25, 0.3) is 5.91 Å². The Labute approximate surface area is 180 Å². The molecule has 2 amide bonds. The Morgan fingerprint density at radius 3 is 2.19 bits per heavy atom. The van der Waals surface area contributed by atoms with E-state index in [2.05, 4.69) is 5.32 Å². The van der Waals surface area contributed by atoms with Crippen LogP contribution in [0, 0.1) is 0 Å². The van der Waals surface area contributed by atoms with Crippen molar-refractivity contribution in [2.45, 2.75) is 88.2 Å². The van der Waals surface area contributed by atoms with Gasteiger partial charge in [-0.05, 0) is 62.8 Å². The summed E-state index contributed by atoms with van der Waals surface area (Å²) in [6.07, 6.45) is 4.77. The first-order valence-electron chi connectivity index (χ1n) is 11.3. The van der Waals surface area contributed by atoms with Crippen LogP contribution in [0.2, 0.25) is 0 Å². The maximum atomic E-state index is 13.5. The van der Waals surface area contributed by atoms with Crippen LogP contribution in [0.25, 0.3) is 0 Å². The average Bonchev–Trinajstić information content (AvgIpc) is 3.12. The van der Waals surface area contributed by atoms with Gasteiger partial charge in [0.2, 0.25) is 5.91 Å². The number of amides is 2. The number of nitrogens with one attached hydrogen (secondary N) is 1. The minimum Gasteiger partial charge on any atom is -0.353 e.